The lowest BCUT2D eigenvalue weighted by Gasteiger charge is -2.24. The van der Waals surface area contributed by atoms with Crippen molar-refractivity contribution in [2.24, 2.45) is 4.99 Å². The molecule has 0 radical (unpaired) electrons. The van der Waals surface area contributed by atoms with Crippen LogP contribution in [0.15, 0.2) is 41.5 Å². The Morgan fingerprint density at radius 3 is 2.78 bits per heavy atom. The Labute approximate surface area is 165 Å². The molecule has 0 bridgehead atoms. The van der Waals surface area contributed by atoms with Gasteiger partial charge in [-0.2, -0.15) is 0 Å². The molecule has 1 aromatic heterocycles. The van der Waals surface area contributed by atoms with Crippen LogP contribution in [0.5, 0.6) is 5.75 Å². The van der Waals surface area contributed by atoms with Crippen molar-refractivity contribution < 1.29 is 4.74 Å². The number of fused-ring (bicyclic) bond motifs is 1. The number of anilines is 1. The van der Waals surface area contributed by atoms with Crippen molar-refractivity contribution in [3.63, 3.8) is 0 Å². The molecule has 1 saturated heterocycles. The molecule has 0 spiro atoms. The summed E-state index contributed by atoms with van der Waals surface area (Å²) < 4.78 is 8.26. The number of aliphatic imine (C=N–C) groups is 1. The van der Waals surface area contributed by atoms with E-state index in [1.54, 1.807) is 0 Å². The van der Waals surface area contributed by atoms with E-state index < -0.39 is 0 Å². The van der Waals surface area contributed by atoms with Crippen LogP contribution in [0.3, 0.4) is 0 Å². The zero-order valence-electron chi connectivity index (χ0n) is 16.2. The average Bonchev–Trinajstić information content (AvgIpc) is 2.89. The second-order valence-electron chi connectivity index (χ2n) is 7.16. The topological polar surface area (TPSA) is 41.0 Å². The van der Waals surface area contributed by atoms with Gasteiger partial charge < -0.3 is 9.64 Å². The number of aromatic nitrogens is 1. The van der Waals surface area contributed by atoms with Gasteiger partial charge in [0, 0.05) is 43.5 Å². The van der Waals surface area contributed by atoms with Gasteiger partial charge in [0.25, 0.3) is 0 Å². The molecule has 2 aliphatic rings. The highest BCUT2D eigenvalue weighted by molar-refractivity contribution is 7.96. The second-order valence-corrected chi connectivity index (χ2v) is 8.04. The molecule has 0 saturated carbocycles. The zero-order chi connectivity index (χ0) is 18.8. The van der Waals surface area contributed by atoms with Gasteiger partial charge in [-0.3, -0.25) is 0 Å². The van der Waals surface area contributed by atoms with Gasteiger partial charge >= 0.3 is 0 Å². The lowest BCUT2D eigenvalue weighted by molar-refractivity contribution is 0.242. The van der Waals surface area contributed by atoms with Crippen molar-refractivity contribution >= 4 is 29.2 Å². The van der Waals surface area contributed by atoms with Crippen LogP contribution in [0.4, 0.5) is 11.5 Å². The molecule has 4 rings (SSSR count). The Hall–Kier alpha value is -2.05. The van der Waals surface area contributed by atoms with Crippen LogP contribution in [-0.2, 0) is 0 Å². The molecule has 3 heterocycles. The third kappa shape index (κ3) is 3.96. The Bertz CT molecular complexity index is 852. The zero-order valence-corrected chi connectivity index (χ0v) is 17.0. The molecule has 5 nitrogen and oxygen atoms in total. The minimum atomic E-state index is 0.167. The van der Waals surface area contributed by atoms with Gasteiger partial charge in [-0.1, -0.05) is 11.9 Å². The summed E-state index contributed by atoms with van der Waals surface area (Å²) in [6.07, 6.45) is 5.38. The third-order valence-corrected chi connectivity index (χ3v) is 5.76. The Morgan fingerprint density at radius 2 is 1.96 bits per heavy atom. The molecule has 2 aliphatic heterocycles. The van der Waals surface area contributed by atoms with Crippen LogP contribution >= 0.6 is 11.9 Å². The van der Waals surface area contributed by atoms with E-state index in [0.29, 0.717) is 0 Å². The summed E-state index contributed by atoms with van der Waals surface area (Å²) in [4.78, 5) is 11.7. The minimum Gasteiger partial charge on any atom is -0.491 e. The summed E-state index contributed by atoms with van der Waals surface area (Å²) in [5.41, 5.74) is 4.35. The summed E-state index contributed by atoms with van der Waals surface area (Å²) >= 11 is 1.83. The van der Waals surface area contributed by atoms with Crippen molar-refractivity contribution in [3.05, 3.63) is 47.7 Å². The minimum absolute atomic E-state index is 0.167. The summed E-state index contributed by atoms with van der Waals surface area (Å²) in [6, 6.07) is 10.3. The maximum atomic E-state index is 5.84. The summed E-state index contributed by atoms with van der Waals surface area (Å²) in [6.45, 7) is 8.34. The van der Waals surface area contributed by atoms with Crippen molar-refractivity contribution in [3.8, 4) is 5.75 Å². The molecule has 142 valence electrons. The van der Waals surface area contributed by atoms with Crippen LogP contribution in [0.25, 0.3) is 0 Å². The van der Waals surface area contributed by atoms with Crippen molar-refractivity contribution in [2.75, 3.05) is 37.3 Å². The molecular formula is C21H26N4OS. The molecule has 6 heteroatoms. The normalized spacial score (nSPS) is 17.2. The fourth-order valence-corrected chi connectivity index (χ4v) is 4.12. The van der Waals surface area contributed by atoms with Gasteiger partial charge in [-0.15, -0.1) is 0 Å². The molecule has 0 aliphatic carbocycles. The molecule has 2 aromatic rings. The van der Waals surface area contributed by atoms with Crippen molar-refractivity contribution in [1.82, 2.24) is 9.29 Å². The van der Waals surface area contributed by atoms with Crippen molar-refractivity contribution in [1.29, 1.82) is 0 Å². The Morgan fingerprint density at radius 1 is 1.07 bits per heavy atom. The number of rotatable bonds is 5. The van der Waals surface area contributed by atoms with E-state index in [9.17, 15) is 0 Å². The van der Waals surface area contributed by atoms with E-state index in [-0.39, 0.29) is 6.10 Å². The van der Waals surface area contributed by atoms with Gasteiger partial charge in [-0.25, -0.2) is 14.3 Å². The first-order valence-electron chi connectivity index (χ1n) is 9.54. The summed E-state index contributed by atoms with van der Waals surface area (Å²) in [5, 5.41) is 0. The predicted molar refractivity (Wildman–Crippen MR) is 114 cm³/mol. The molecule has 0 unspecified atom stereocenters. The number of pyridine rings is 1. The smallest absolute Gasteiger partial charge is 0.129 e. The highest BCUT2D eigenvalue weighted by Crippen LogP contribution is 2.36. The first-order chi connectivity index (χ1) is 13.1. The van der Waals surface area contributed by atoms with Crippen molar-refractivity contribution in [2.45, 2.75) is 26.4 Å². The Balaban J connectivity index is 1.54. The number of hydrogen-bond donors (Lipinski definition) is 0. The molecule has 27 heavy (non-hydrogen) atoms. The van der Waals surface area contributed by atoms with E-state index in [0.717, 1.165) is 66.7 Å². The first kappa shape index (κ1) is 18.3. The molecular weight excluding hydrogens is 356 g/mol. The van der Waals surface area contributed by atoms with Gasteiger partial charge in [0.2, 0.25) is 0 Å². The predicted octanol–water partition coefficient (Wildman–Crippen LogP) is 4.14. The first-order valence-corrected chi connectivity index (χ1v) is 10.7. The number of nitrogens with zero attached hydrogens (tertiary/aromatic N) is 4. The van der Waals surface area contributed by atoms with E-state index in [4.69, 9.17) is 9.73 Å². The average molecular weight is 383 g/mol. The van der Waals surface area contributed by atoms with Crippen LogP contribution in [0.2, 0.25) is 0 Å². The second kappa shape index (κ2) is 7.90. The van der Waals surface area contributed by atoms with Gasteiger partial charge in [0.1, 0.15) is 11.6 Å². The third-order valence-electron chi connectivity index (χ3n) is 4.88. The lowest BCUT2D eigenvalue weighted by atomic mass is 9.96. The molecule has 0 amide bonds. The van der Waals surface area contributed by atoms with Crippen LogP contribution in [0.1, 0.15) is 31.4 Å². The van der Waals surface area contributed by atoms with E-state index >= 15 is 0 Å². The van der Waals surface area contributed by atoms with E-state index in [2.05, 4.69) is 32.6 Å². The largest absolute Gasteiger partial charge is 0.491 e. The monoisotopic (exact) mass is 382 g/mol. The maximum absolute atomic E-state index is 5.84. The molecule has 0 atom stereocenters. The summed E-state index contributed by atoms with van der Waals surface area (Å²) in [7, 11) is 0. The van der Waals surface area contributed by atoms with E-state index in [1.807, 2.05) is 50.2 Å². The molecule has 1 aromatic carbocycles. The van der Waals surface area contributed by atoms with Gasteiger partial charge in [-0.05, 0) is 56.9 Å². The SMILES string of the molecule is CSN1CCCN(c2cc(C3=Nc4ccc(OC(C)C)cc43)ccn2)CC1. The quantitative estimate of drug-likeness (QED) is 0.620. The number of hydrogen-bond acceptors (Lipinski definition) is 6. The lowest BCUT2D eigenvalue weighted by Crippen LogP contribution is -2.29. The van der Waals surface area contributed by atoms with E-state index in [1.165, 1.54) is 0 Å². The fourth-order valence-electron chi connectivity index (χ4n) is 3.54. The standard InChI is InChI=1S/C21H26N4OS/c1-15(2)26-17-5-6-19-18(14-17)21(23-19)16-7-8-22-20(13-16)24-9-4-10-25(27-3)12-11-24/h5-8,13-15H,4,9-12H2,1-3H3. The molecule has 1 fully saturated rings. The van der Waals surface area contributed by atoms with Crippen LogP contribution < -0.4 is 9.64 Å². The fraction of sp³-hybridized carbons (Fsp3) is 0.429. The Kier molecular flexibility index (Phi) is 5.36. The van der Waals surface area contributed by atoms with Crippen LogP contribution in [0, 0.1) is 0 Å². The number of ether oxygens (including phenoxy) is 1. The van der Waals surface area contributed by atoms with Gasteiger partial charge in [0.15, 0.2) is 0 Å². The number of benzene rings is 1. The van der Waals surface area contributed by atoms with Crippen LogP contribution in [-0.4, -0.2) is 53.5 Å². The summed E-state index contributed by atoms with van der Waals surface area (Å²) in [5.74, 6) is 1.94. The maximum Gasteiger partial charge on any atom is 0.129 e. The highest BCUT2D eigenvalue weighted by atomic mass is 32.2. The van der Waals surface area contributed by atoms with Gasteiger partial charge in [0.05, 0.1) is 17.5 Å². The highest BCUT2D eigenvalue weighted by Gasteiger charge is 2.23. The molecule has 0 N–H and O–H groups in total.